The summed E-state index contributed by atoms with van der Waals surface area (Å²) in [5.74, 6) is -0.634. The van der Waals surface area contributed by atoms with Crippen molar-refractivity contribution in [2.24, 2.45) is 0 Å². The molecule has 4 nitrogen and oxygen atoms in total. The molecule has 1 rings (SSSR count). The molecule has 0 spiro atoms. The third-order valence-corrected chi connectivity index (χ3v) is 1.77. The van der Waals surface area contributed by atoms with E-state index in [1.165, 1.54) is 0 Å². The van der Waals surface area contributed by atoms with Crippen molar-refractivity contribution in [3.63, 3.8) is 0 Å². The topological polar surface area (TPSA) is 46.6 Å². The second kappa shape index (κ2) is 4.41. The van der Waals surface area contributed by atoms with Crippen LogP contribution in [0, 0.1) is 0 Å². The van der Waals surface area contributed by atoms with E-state index in [-0.39, 0.29) is 6.47 Å². The molecule has 0 radical (unpaired) electrons. The molecule has 0 aliphatic carbocycles. The van der Waals surface area contributed by atoms with Gasteiger partial charge in [-0.3, -0.25) is 4.79 Å². The molecule has 0 N–H and O–H groups in total. The fraction of sp³-hybridized carbons (Fsp3) is 0.200. The number of esters is 1. The minimum absolute atomic E-state index is 0.127. The molecule has 0 aliphatic heterocycles. The van der Waals surface area contributed by atoms with E-state index < -0.39 is 5.97 Å². The van der Waals surface area contributed by atoms with E-state index in [2.05, 4.69) is 4.74 Å². The van der Waals surface area contributed by atoms with Gasteiger partial charge in [-0.1, -0.05) is 0 Å². The van der Waals surface area contributed by atoms with Gasteiger partial charge >= 0.3 is 12.4 Å². The van der Waals surface area contributed by atoms with Gasteiger partial charge in [0.15, 0.2) is 0 Å². The number of carbonyl (C=O) groups is 2. The first-order chi connectivity index (χ1) is 6.65. The zero-order chi connectivity index (χ0) is 10.6. The Balaban J connectivity index is 2.82. The summed E-state index contributed by atoms with van der Waals surface area (Å²) in [6, 6.07) is 6.78. The number of ether oxygens (including phenoxy) is 1. The van der Waals surface area contributed by atoms with Crippen LogP contribution < -0.4 is 4.90 Å². The number of anilines is 1. The lowest BCUT2D eigenvalue weighted by Gasteiger charge is -2.11. The summed E-state index contributed by atoms with van der Waals surface area (Å²) < 4.78 is 4.20. The lowest BCUT2D eigenvalue weighted by Crippen LogP contribution is -2.09. The van der Waals surface area contributed by atoms with E-state index in [0.717, 1.165) is 5.69 Å². The third kappa shape index (κ3) is 2.32. The van der Waals surface area contributed by atoms with Crippen LogP contribution in [0.15, 0.2) is 24.3 Å². The minimum Gasteiger partial charge on any atom is -0.392 e. The van der Waals surface area contributed by atoms with Crippen molar-refractivity contribution in [2.45, 2.75) is 0 Å². The molecule has 4 heteroatoms. The van der Waals surface area contributed by atoms with Crippen molar-refractivity contribution in [3.8, 4) is 0 Å². The molecule has 0 aromatic heterocycles. The van der Waals surface area contributed by atoms with Crippen molar-refractivity contribution in [1.29, 1.82) is 0 Å². The Bertz CT molecular complexity index is 330. The third-order valence-electron chi connectivity index (χ3n) is 1.77. The fourth-order valence-electron chi connectivity index (χ4n) is 1.01. The van der Waals surface area contributed by atoms with Gasteiger partial charge in [-0.25, -0.2) is 4.79 Å². The highest BCUT2D eigenvalue weighted by Crippen LogP contribution is 2.12. The maximum Gasteiger partial charge on any atom is 0.345 e. The van der Waals surface area contributed by atoms with E-state index in [0.29, 0.717) is 5.56 Å². The molecule has 0 atom stereocenters. The van der Waals surface area contributed by atoms with E-state index in [9.17, 15) is 9.59 Å². The van der Waals surface area contributed by atoms with E-state index >= 15 is 0 Å². The number of hydrogen-bond donors (Lipinski definition) is 0. The summed E-state index contributed by atoms with van der Waals surface area (Å²) in [7, 11) is 3.80. The molecule has 1 aromatic carbocycles. The quantitative estimate of drug-likeness (QED) is 0.409. The van der Waals surface area contributed by atoms with Crippen LogP contribution in [0.3, 0.4) is 0 Å². The molecule has 14 heavy (non-hydrogen) atoms. The van der Waals surface area contributed by atoms with Crippen LogP contribution in [0.2, 0.25) is 0 Å². The summed E-state index contributed by atoms with van der Waals surface area (Å²) in [6.45, 7) is 0.127. The van der Waals surface area contributed by atoms with Gasteiger partial charge in [-0.05, 0) is 24.3 Å². The van der Waals surface area contributed by atoms with Gasteiger partial charge in [0.05, 0.1) is 5.56 Å². The predicted octanol–water partition coefficient (Wildman–Crippen LogP) is 1.07. The Hall–Kier alpha value is -1.84. The molecule has 0 saturated carbocycles. The molecule has 0 aliphatic rings. The molecule has 0 unspecified atom stereocenters. The Kier molecular flexibility index (Phi) is 3.23. The molecule has 0 amide bonds. The maximum absolute atomic E-state index is 11.1. The maximum atomic E-state index is 11.1. The molecular formula is C10H11NO3. The monoisotopic (exact) mass is 193 g/mol. The Morgan fingerprint density at radius 1 is 1.29 bits per heavy atom. The van der Waals surface area contributed by atoms with Crippen molar-refractivity contribution in [2.75, 3.05) is 19.0 Å². The van der Waals surface area contributed by atoms with Crippen LogP contribution in [0.1, 0.15) is 10.4 Å². The van der Waals surface area contributed by atoms with Crippen molar-refractivity contribution < 1.29 is 14.3 Å². The average molecular weight is 193 g/mol. The van der Waals surface area contributed by atoms with Gasteiger partial charge in [0.1, 0.15) is 0 Å². The minimum atomic E-state index is -0.634. The molecule has 0 bridgehead atoms. The van der Waals surface area contributed by atoms with Gasteiger partial charge in [-0.2, -0.15) is 0 Å². The van der Waals surface area contributed by atoms with Crippen molar-refractivity contribution in [1.82, 2.24) is 0 Å². The number of rotatable bonds is 3. The Morgan fingerprint density at radius 3 is 2.29 bits per heavy atom. The van der Waals surface area contributed by atoms with Gasteiger partial charge < -0.3 is 9.64 Å². The van der Waals surface area contributed by atoms with Gasteiger partial charge in [-0.15, -0.1) is 0 Å². The zero-order valence-corrected chi connectivity index (χ0v) is 8.06. The first-order valence-corrected chi connectivity index (χ1v) is 4.07. The summed E-state index contributed by atoms with van der Waals surface area (Å²) >= 11 is 0. The smallest absolute Gasteiger partial charge is 0.345 e. The van der Waals surface area contributed by atoms with Crippen LogP contribution in [0.25, 0.3) is 0 Å². The lowest BCUT2D eigenvalue weighted by molar-refractivity contribution is -0.123. The van der Waals surface area contributed by atoms with Crippen LogP contribution in [-0.4, -0.2) is 26.5 Å². The van der Waals surface area contributed by atoms with Gasteiger partial charge in [0, 0.05) is 19.8 Å². The van der Waals surface area contributed by atoms with Crippen LogP contribution >= 0.6 is 0 Å². The average Bonchev–Trinajstić information content (AvgIpc) is 2.18. The molecule has 74 valence electrons. The molecule has 0 saturated heterocycles. The highest BCUT2D eigenvalue weighted by atomic mass is 16.6. The number of carbonyl (C=O) groups excluding carboxylic acids is 2. The molecule has 1 aromatic rings. The standard InChI is InChI=1S/C10H11NO3/c1-11(2)9-5-3-8(4-6-9)10(13)14-7-12/h3-7H,1-2H3. The Morgan fingerprint density at radius 2 is 1.86 bits per heavy atom. The second-order valence-corrected chi connectivity index (χ2v) is 2.94. The van der Waals surface area contributed by atoms with Crippen molar-refractivity contribution in [3.05, 3.63) is 29.8 Å². The van der Waals surface area contributed by atoms with Crippen LogP contribution in [0.5, 0.6) is 0 Å². The fourth-order valence-corrected chi connectivity index (χ4v) is 1.01. The highest BCUT2D eigenvalue weighted by molar-refractivity contribution is 5.93. The summed E-state index contributed by atoms with van der Waals surface area (Å²) in [6.07, 6.45) is 0. The molecular weight excluding hydrogens is 182 g/mol. The first-order valence-electron chi connectivity index (χ1n) is 4.07. The number of benzene rings is 1. The number of hydrogen-bond acceptors (Lipinski definition) is 4. The zero-order valence-electron chi connectivity index (χ0n) is 8.06. The van der Waals surface area contributed by atoms with Gasteiger partial charge in [0.2, 0.25) is 0 Å². The van der Waals surface area contributed by atoms with Crippen LogP contribution in [-0.2, 0) is 9.53 Å². The first kappa shape index (κ1) is 10.2. The number of nitrogens with zero attached hydrogens (tertiary/aromatic N) is 1. The molecule has 0 fully saturated rings. The normalized spacial score (nSPS) is 9.29. The summed E-state index contributed by atoms with van der Waals surface area (Å²) in [5, 5.41) is 0. The molecule has 0 heterocycles. The van der Waals surface area contributed by atoms with E-state index in [4.69, 9.17) is 0 Å². The van der Waals surface area contributed by atoms with E-state index in [1.807, 2.05) is 19.0 Å². The van der Waals surface area contributed by atoms with Crippen LogP contribution in [0.4, 0.5) is 5.69 Å². The predicted molar refractivity (Wildman–Crippen MR) is 52.2 cm³/mol. The summed E-state index contributed by atoms with van der Waals surface area (Å²) in [4.78, 5) is 22.9. The lowest BCUT2D eigenvalue weighted by atomic mass is 10.2. The van der Waals surface area contributed by atoms with Gasteiger partial charge in [0.25, 0.3) is 0 Å². The summed E-state index contributed by atoms with van der Waals surface area (Å²) in [5.41, 5.74) is 1.34. The SMILES string of the molecule is CN(C)c1ccc(C(=O)OC=O)cc1. The largest absolute Gasteiger partial charge is 0.392 e. The Labute approximate surface area is 82.1 Å². The highest BCUT2D eigenvalue weighted by Gasteiger charge is 2.05. The second-order valence-electron chi connectivity index (χ2n) is 2.94. The van der Waals surface area contributed by atoms with Crippen molar-refractivity contribution >= 4 is 18.1 Å². The van der Waals surface area contributed by atoms with E-state index in [1.54, 1.807) is 24.3 Å².